The van der Waals surface area contributed by atoms with Crippen LogP contribution in [0.2, 0.25) is 0 Å². The van der Waals surface area contributed by atoms with Gasteiger partial charge in [0.05, 0.1) is 0 Å². The summed E-state index contributed by atoms with van der Waals surface area (Å²) in [6, 6.07) is 11.1. The van der Waals surface area contributed by atoms with Gasteiger partial charge < -0.3 is 5.32 Å². The summed E-state index contributed by atoms with van der Waals surface area (Å²) in [6.07, 6.45) is 9.74. The van der Waals surface area contributed by atoms with Crippen LogP contribution in [0.3, 0.4) is 0 Å². The molecule has 0 aliphatic rings. The molecule has 1 aromatic carbocycles. The Morgan fingerprint density at radius 2 is 1.85 bits per heavy atom. The van der Waals surface area contributed by atoms with E-state index in [9.17, 15) is 4.79 Å². The first kappa shape index (κ1) is 14.0. The van der Waals surface area contributed by atoms with Gasteiger partial charge in [-0.2, -0.15) is 0 Å². The predicted octanol–water partition coefficient (Wildman–Crippen LogP) is 4.15. The zero-order chi connectivity index (χ0) is 14.2. The van der Waals surface area contributed by atoms with Gasteiger partial charge in [0.2, 0.25) is 0 Å². The highest BCUT2D eigenvalue weighted by Crippen LogP contribution is 2.10. The Balaban J connectivity index is 2.00. The quantitative estimate of drug-likeness (QED) is 0.883. The summed E-state index contributed by atoms with van der Waals surface area (Å²) in [5.41, 5.74) is 2.50. The van der Waals surface area contributed by atoms with E-state index in [2.05, 4.69) is 29.4 Å². The van der Waals surface area contributed by atoms with Crippen LogP contribution in [0.15, 0.2) is 54.9 Å². The summed E-state index contributed by atoms with van der Waals surface area (Å²) >= 11 is 0. The fourth-order valence-corrected chi connectivity index (χ4v) is 1.77. The van der Waals surface area contributed by atoms with Gasteiger partial charge in [0.25, 0.3) is 5.91 Å². The Morgan fingerprint density at radius 3 is 2.50 bits per heavy atom. The molecule has 0 saturated carbocycles. The number of pyridine rings is 1. The van der Waals surface area contributed by atoms with Gasteiger partial charge in [-0.25, -0.2) is 0 Å². The molecule has 102 valence electrons. The number of hydrogen-bond acceptors (Lipinski definition) is 2. The average Bonchev–Trinajstić information content (AvgIpc) is 2.49. The number of rotatable bonds is 5. The molecule has 2 aromatic rings. The second kappa shape index (κ2) is 7.24. The van der Waals surface area contributed by atoms with E-state index in [1.807, 2.05) is 24.3 Å². The molecule has 0 unspecified atom stereocenters. The second-order valence-corrected chi connectivity index (χ2v) is 4.50. The molecule has 20 heavy (non-hydrogen) atoms. The largest absolute Gasteiger partial charge is 0.322 e. The van der Waals surface area contributed by atoms with Gasteiger partial charge in [-0.1, -0.05) is 37.6 Å². The van der Waals surface area contributed by atoms with Crippen molar-refractivity contribution in [2.45, 2.75) is 19.8 Å². The minimum Gasteiger partial charge on any atom is -0.322 e. The molecule has 0 spiro atoms. The number of amides is 1. The molecule has 0 radical (unpaired) electrons. The number of nitrogens with one attached hydrogen (secondary N) is 1. The Bertz CT molecular complexity index is 574. The van der Waals surface area contributed by atoms with Crippen LogP contribution < -0.4 is 5.32 Å². The van der Waals surface area contributed by atoms with Crippen molar-refractivity contribution in [2.24, 2.45) is 0 Å². The number of nitrogens with zero attached hydrogens (tertiary/aromatic N) is 1. The first-order valence-electron chi connectivity index (χ1n) is 6.77. The van der Waals surface area contributed by atoms with Crippen molar-refractivity contribution in [3.8, 4) is 0 Å². The van der Waals surface area contributed by atoms with E-state index in [4.69, 9.17) is 0 Å². The predicted molar refractivity (Wildman–Crippen MR) is 82.6 cm³/mol. The number of unbranched alkanes of at least 4 members (excludes halogenated alkanes) is 1. The van der Waals surface area contributed by atoms with E-state index in [-0.39, 0.29) is 5.91 Å². The molecule has 0 bridgehead atoms. The summed E-state index contributed by atoms with van der Waals surface area (Å²) in [7, 11) is 0. The van der Waals surface area contributed by atoms with E-state index in [0.717, 1.165) is 24.1 Å². The highest BCUT2D eigenvalue weighted by Gasteiger charge is 2.04. The number of carbonyl (C=O) groups is 1. The van der Waals surface area contributed by atoms with Crippen LogP contribution in [0, 0.1) is 0 Å². The minimum atomic E-state index is -0.111. The normalized spacial score (nSPS) is 10.7. The van der Waals surface area contributed by atoms with Gasteiger partial charge in [-0.3, -0.25) is 9.78 Å². The van der Waals surface area contributed by atoms with Crippen LogP contribution in [0.25, 0.3) is 6.08 Å². The van der Waals surface area contributed by atoms with Gasteiger partial charge in [0.15, 0.2) is 0 Å². The molecule has 0 atom stereocenters. The average molecular weight is 266 g/mol. The maximum absolute atomic E-state index is 12.0. The van der Waals surface area contributed by atoms with Crippen LogP contribution in [0.4, 0.5) is 5.69 Å². The summed E-state index contributed by atoms with van der Waals surface area (Å²) in [4.78, 5) is 15.9. The van der Waals surface area contributed by atoms with Gasteiger partial charge in [0.1, 0.15) is 0 Å². The number of allylic oxidation sites excluding steroid dienone is 1. The lowest BCUT2D eigenvalue weighted by molar-refractivity contribution is 0.102. The molecular weight excluding hydrogens is 248 g/mol. The molecule has 1 N–H and O–H groups in total. The molecule has 0 fully saturated rings. The molecule has 0 saturated heterocycles. The lowest BCUT2D eigenvalue weighted by Gasteiger charge is -2.04. The standard InChI is InChI=1S/C17H18N2O/c1-2-3-4-5-14-6-8-15(9-7-14)17(20)19-16-10-12-18-13-11-16/h4-13H,2-3H2,1H3,(H,18,19,20). The monoisotopic (exact) mass is 266 g/mol. The third kappa shape index (κ3) is 4.05. The molecule has 0 aliphatic carbocycles. The van der Waals surface area contributed by atoms with E-state index >= 15 is 0 Å². The number of benzene rings is 1. The van der Waals surface area contributed by atoms with Crippen molar-refractivity contribution < 1.29 is 4.79 Å². The number of aromatic nitrogens is 1. The molecule has 1 amide bonds. The van der Waals surface area contributed by atoms with Crippen LogP contribution in [-0.2, 0) is 0 Å². The number of anilines is 1. The minimum absolute atomic E-state index is 0.111. The van der Waals surface area contributed by atoms with Crippen molar-refractivity contribution >= 4 is 17.7 Å². The maximum atomic E-state index is 12.0. The first-order chi connectivity index (χ1) is 9.79. The summed E-state index contributed by atoms with van der Waals surface area (Å²) in [5.74, 6) is -0.111. The van der Waals surface area contributed by atoms with Gasteiger partial charge in [-0.05, 0) is 36.2 Å². The zero-order valence-electron chi connectivity index (χ0n) is 11.5. The smallest absolute Gasteiger partial charge is 0.255 e. The second-order valence-electron chi connectivity index (χ2n) is 4.50. The Labute approximate surface area is 119 Å². The molecule has 2 rings (SSSR count). The van der Waals surface area contributed by atoms with Crippen molar-refractivity contribution in [1.29, 1.82) is 0 Å². The molecule has 0 aliphatic heterocycles. The molecule has 1 heterocycles. The molecule has 3 heteroatoms. The van der Waals surface area contributed by atoms with E-state index in [0.29, 0.717) is 5.56 Å². The third-order valence-corrected chi connectivity index (χ3v) is 2.88. The van der Waals surface area contributed by atoms with Crippen molar-refractivity contribution in [2.75, 3.05) is 5.32 Å². The van der Waals surface area contributed by atoms with E-state index in [1.165, 1.54) is 0 Å². The number of hydrogen-bond donors (Lipinski definition) is 1. The van der Waals surface area contributed by atoms with Crippen LogP contribution in [-0.4, -0.2) is 10.9 Å². The molecular formula is C17H18N2O. The molecule has 1 aromatic heterocycles. The molecule has 3 nitrogen and oxygen atoms in total. The SMILES string of the molecule is CCCC=Cc1ccc(C(=O)Nc2ccncc2)cc1. The maximum Gasteiger partial charge on any atom is 0.255 e. The highest BCUT2D eigenvalue weighted by molar-refractivity contribution is 6.04. The summed E-state index contributed by atoms with van der Waals surface area (Å²) in [6.45, 7) is 2.15. The van der Waals surface area contributed by atoms with Crippen LogP contribution in [0.5, 0.6) is 0 Å². The van der Waals surface area contributed by atoms with E-state index in [1.54, 1.807) is 24.5 Å². The third-order valence-electron chi connectivity index (χ3n) is 2.88. The zero-order valence-corrected chi connectivity index (χ0v) is 11.5. The van der Waals surface area contributed by atoms with E-state index < -0.39 is 0 Å². The highest BCUT2D eigenvalue weighted by atomic mass is 16.1. The van der Waals surface area contributed by atoms with Crippen molar-refractivity contribution in [1.82, 2.24) is 4.98 Å². The number of carbonyl (C=O) groups excluding carboxylic acids is 1. The first-order valence-corrected chi connectivity index (χ1v) is 6.77. The fourth-order valence-electron chi connectivity index (χ4n) is 1.77. The fraction of sp³-hybridized carbons (Fsp3) is 0.176. The summed E-state index contributed by atoms with van der Waals surface area (Å²) < 4.78 is 0. The Kier molecular flexibility index (Phi) is 5.07. The Morgan fingerprint density at radius 1 is 1.15 bits per heavy atom. The van der Waals surface area contributed by atoms with Crippen molar-refractivity contribution in [3.63, 3.8) is 0 Å². The lowest BCUT2D eigenvalue weighted by atomic mass is 10.1. The van der Waals surface area contributed by atoms with Crippen LogP contribution >= 0.6 is 0 Å². The summed E-state index contributed by atoms with van der Waals surface area (Å²) in [5, 5.41) is 2.83. The van der Waals surface area contributed by atoms with Gasteiger partial charge >= 0.3 is 0 Å². The van der Waals surface area contributed by atoms with Gasteiger partial charge in [0, 0.05) is 23.6 Å². The Hall–Kier alpha value is -2.42. The van der Waals surface area contributed by atoms with Crippen molar-refractivity contribution in [3.05, 3.63) is 66.0 Å². The van der Waals surface area contributed by atoms with Crippen LogP contribution in [0.1, 0.15) is 35.7 Å². The lowest BCUT2D eigenvalue weighted by Crippen LogP contribution is -2.11. The topological polar surface area (TPSA) is 42.0 Å². The van der Waals surface area contributed by atoms with Gasteiger partial charge in [-0.15, -0.1) is 0 Å².